The highest BCUT2D eigenvalue weighted by atomic mass is 16.6. The Morgan fingerprint density at radius 1 is 0.575 bits per heavy atom. The van der Waals surface area contributed by atoms with E-state index in [1.165, 1.54) is 6.07 Å². The van der Waals surface area contributed by atoms with Gasteiger partial charge in [-0.05, 0) is 100 Å². The Balaban J connectivity index is 2.22. The highest BCUT2D eigenvalue weighted by Gasteiger charge is 2.26. The largest absolute Gasteiger partial charge is 0.456 e. The summed E-state index contributed by atoms with van der Waals surface area (Å²) in [6, 6.07) is 0.848. The van der Waals surface area contributed by atoms with Crippen molar-refractivity contribution in [3.63, 3.8) is 0 Å². The molecule has 6 atom stereocenters. The number of esters is 1. The number of hydrogen-bond acceptors (Lipinski definition) is 15. The van der Waals surface area contributed by atoms with Gasteiger partial charge in [-0.25, -0.2) is 38.5 Å². The first-order chi connectivity index (χ1) is 34.0. The Bertz CT molecular complexity index is 1980. The summed E-state index contributed by atoms with van der Waals surface area (Å²) < 4.78 is 31.3. The molecule has 23 nitrogen and oxygen atoms in total. The fourth-order valence-corrected chi connectivity index (χ4v) is 7.96. The van der Waals surface area contributed by atoms with Crippen molar-refractivity contribution < 1.29 is 62.0 Å². The van der Waals surface area contributed by atoms with Crippen LogP contribution in [0.3, 0.4) is 0 Å². The number of anilines is 1. The molecule has 0 fully saturated rings. The molecule has 0 aliphatic carbocycles. The molecular formula is C50H87N9O14. The van der Waals surface area contributed by atoms with Gasteiger partial charge in [-0.2, -0.15) is 0 Å². The minimum absolute atomic E-state index is 0.0699. The van der Waals surface area contributed by atoms with Gasteiger partial charge in [0.2, 0.25) is 5.95 Å². The number of hydrogen-bond donors (Lipinski definition) is 8. The number of nitrogens with zero attached hydrogens (tertiary/aromatic N) is 1. The number of aromatic nitrogens is 2. The zero-order valence-electron chi connectivity index (χ0n) is 45.6. The molecule has 23 heteroatoms. The number of H-pyrrole nitrogens is 1. The molecule has 6 unspecified atom stereocenters. The average molecular weight is 1040 g/mol. The molecule has 0 aliphatic heterocycles. The molecule has 73 heavy (non-hydrogen) atoms. The highest BCUT2D eigenvalue weighted by Crippen LogP contribution is 2.30. The van der Waals surface area contributed by atoms with Gasteiger partial charge in [0.25, 0.3) is 5.56 Å². The molecule has 0 aromatic carbocycles. The third-order valence-electron chi connectivity index (χ3n) is 11.3. The summed E-state index contributed by atoms with van der Waals surface area (Å²) in [7, 11) is 0. The van der Waals surface area contributed by atoms with Crippen LogP contribution in [-0.2, 0) is 33.2 Å². The van der Waals surface area contributed by atoms with Gasteiger partial charge in [0.1, 0.15) is 38.1 Å². The molecule has 0 radical (unpaired) electrons. The van der Waals surface area contributed by atoms with Crippen LogP contribution in [0, 0.1) is 40.9 Å². The first-order valence-electron chi connectivity index (χ1n) is 25.0. The van der Waals surface area contributed by atoms with Crippen LogP contribution in [0.15, 0.2) is 23.5 Å². The maximum Gasteiger partial charge on any atom is 0.407 e. The minimum Gasteiger partial charge on any atom is -0.456 e. The Labute approximate surface area is 431 Å². The van der Waals surface area contributed by atoms with E-state index >= 15 is 0 Å². The van der Waals surface area contributed by atoms with Crippen LogP contribution in [-0.4, -0.2) is 130 Å². The van der Waals surface area contributed by atoms with Crippen molar-refractivity contribution in [3.8, 4) is 0 Å². The maximum atomic E-state index is 12.5. The van der Waals surface area contributed by atoms with Crippen molar-refractivity contribution in [1.82, 2.24) is 41.9 Å². The van der Waals surface area contributed by atoms with Crippen LogP contribution >= 0.6 is 0 Å². The third kappa shape index (κ3) is 33.1. The van der Waals surface area contributed by atoms with E-state index < -0.39 is 60.8 Å². The van der Waals surface area contributed by atoms with Crippen molar-refractivity contribution in [2.24, 2.45) is 34.0 Å². The zero-order valence-corrected chi connectivity index (χ0v) is 45.6. The van der Waals surface area contributed by atoms with Crippen LogP contribution in [0.1, 0.15) is 127 Å². The van der Waals surface area contributed by atoms with Crippen LogP contribution in [0.5, 0.6) is 0 Å². The third-order valence-corrected chi connectivity index (χ3v) is 11.3. The smallest absolute Gasteiger partial charge is 0.407 e. The minimum atomic E-state index is -0.694. The normalized spacial score (nSPS) is 14.0. The first-order valence-corrected chi connectivity index (χ1v) is 25.0. The lowest BCUT2D eigenvalue weighted by Gasteiger charge is -2.28. The number of aryl methyl sites for hydroxylation is 1. The van der Waals surface area contributed by atoms with Gasteiger partial charge in [-0.15, -0.1) is 0 Å². The molecular weight excluding hydrogens is 951 g/mol. The zero-order chi connectivity index (χ0) is 55.4. The summed E-state index contributed by atoms with van der Waals surface area (Å²) in [5, 5.41) is 19.0. The molecule has 8 N–H and O–H groups in total. The summed E-state index contributed by atoms with van der Waals surface area (Å²) in [6.07, 6.45) is 0.0560. The van der Waals surface area contributed by atoms with Gasteiger partial charge in [-0.3, -0.25) is 15.1 Å². The number of urea groups is 1. The van der Waals surface area contributed by atoms with Crippen molar-refractivity contribution in [2.45, 2.75) is 147 Å². The molecule has 0 aliphatic rings. The van der Waals surface area contributed by atoms with Crippen LogP contribution in [0.25, 0.3) is 0 Å². The summed E-state index contributed by atoms with van der Waals surface area (Å²) in [5.41, 5.74) is -0.403. The Kier molecular flexibility index (Phi) is 29.0. The molecule has 1 heterocycles. The Morgan fingerprint density at radius 3 is 1.29 bits per heavy atom. The van der Waals surface area contributed by atoms with E-state index in [2.05, 4.69) is 95.3 Å². The number of ether oxygens (including phenoxy) is 6. The second-order valence-corrected chi connectivity index (χ2v) is 21.5. The maximum absolute atomic E-state index is 12.5. The van der Waals surface area contributed by atoms with Crippen molar-refractivity contribution >= 4 is 48.4 Å². The van der Waals surface area contributed by atoms with Crippen LogP contribution in [0.2, 0.25) is 0 Å². The molecule has 1 rings (SSSR count). The molecule has 0 spiro atoms. The summed E-state index contributed by atoms with van der Waals surface area (Å²) >= 11 is 0. The topological polar surface area (TPSA) is 305 Å². The number of carbonyl (C=O) groups excluding carboxylic acids is 7. The molecule has 1 aromatic heterocycles. The lowest BCUT2D eigenvalue weighted by molar-refractivity contribution is -0.143. The second-order valence-electron chi connectivity index (χ2n) is 21.5. The van der Waals surface area contributed by atoms with Crippen molar-refractivity contribution in [3.05, 3.63) is 34.8 Å². The quantitative estimate of drug-likeness (QED) is 0.0204. The van der Waals surface area contributed by atoms with Gasteiger partial charge in [-0.1, -0.05) is 68.9 Å². The number of amides is 7. The number of aromatic amines is 1. The fraction of sp³-hybridized carbons (Fsp3) is 0.740. The molecule has 416 valence electrons. The van der Waals surface area contributed by atoms with E-state index in [0.717, 1.165) is 25.3 Å². The predicted molar refractivity (Wildman–Crippen MR) is 275 cm³/mol. The number of rotatable bonds is 32. The van der Waals surface area contributed by atoms with Gasteiger partial charge in [0, 0.05) is 57.1 Å². The fourth-order valence-electron chi connectivity index (χ4n) is 7.96. The number of carbonyl (C=O) groups is 7. The molecule has 0 saturated carbocycles. The van der Waals surface area contributed by atoms with Crippen molar-refractivity contribution in [2.75, 3.05) is 64.4 Å². The second kappa shape index (κ2) is 32.7. The summed E-state index contributed by atoms with van der Waals surface area (Å²) in [5.74, 6) is -0.248. The predicted octanol–water partition coefficient (Wildman–Crippen LogP) is 7.05. The lowest BCUT2D eigenvalue weighted by atomic mass is 9.80. The van der Waals surface area contributed by atoms with E-state index in [0.29, 0.717) is 64.2 Å². The van der Waals surface area contributed by atoms with Crippen molar-refractivity contribution in [1.29, 1.82) is 0 Å². The monoisotopic (exact) mass is 1040 g/mol. The molecule has 0 saturated heterocycles. The van der Waals surface area contributed by atoms with Crippen LogP contribution in [0.4, 0.5) is 34.7 Å². The van der Waals surface area contributed by atoms with E-state index in [-0.39, 0.29) is 65.3 Å². The van der Waals surface area contributed by atoms with E-state index in [1.807, 2.05) is 20.8 Å². The summed E-state index contributed by atoms with van der Waals surface area (Å²) in [6.45, 7) is 30.0. The first kappa shape index (κ1) is 64.7. The molecule has 7 amide bonds. The average Bonchev–Trinajstić information content (AvgIpc) is 3.26. The standard InChI is InChI=1S/C50H87N9O14/c1-15-40(61)71-36(6)29-68-43(63)51-20-17-49(11,12)24-33(3)27-55-46(66)73-38(8)31-70-45(65)53-21-18-50(13,14)25-34(4)28-56-47(67)72-37(7)30-69-44(64)52-19-16-48(9,10)23-32(2)26-54-42(62)59-41-57-35(5)22-39(60)58-41/h15,22,32-34,36-38H,1,16-21,23-31H2,2-14H3,(H,51,63)(H,52,64)(H,53,65)(H,55,66)(H,56,67)(H3,54,57,58,59,60,62). The lowest BCUT2D eigenvalue weighted by Crippen LogP contribution is -2.36. The summed E-state index contributed by atoms with van der Waals surface area (Å²) in [4.78, 5) is 103. The number of nitrogens with one attached hydrogen (secondary N) is 8. The van der Waals surface area contributed by atoms with E-state index in [1.54, 1.807) is 27.7 Å². The van der Waals surface area contributed by atoms with Gasteiger partial charge in [0.15, 0.2) is 0 Å². The number of alkyl carbamates (subject to hydrolysis) is 5. The molecule has 1 aromatic rings. The SMILES string of the molecule is C=CC(=O)OC(C)COC(=O)NCCC(C)(C)CC(C)CNC(=O)OC(C)COC(=O)NCCC(C)(C)CC(C)CNC(=O)OC(C)COC(=O)NCCC(C)(C)CC(C)CNC(=O)Nc1nc(C)cc(=O)[nH]1. The van der Waals surface area contributed by atoms with E-state index in [4.69, 9.17) is 28.4 Å². The Morgan fingerprint density at radius 2 is 0.932 bits per heavy atom. The molecule has 0 bridgehead atoms. The highest BCUT2D eigenvalue weighted by molar-refractivity contribution is 5.87. The van der Waals surface area contributed by atoms with Crippen LogP contribution < -0.4 is 42.8 Å². The van der Waals surface area contributed by atoms with Gasteiger partial charge < -0.3 is 60.3 Å². The van der Waals surface area contributed by atoms with E-state index in [9.17, 15) is 38.4 Å². The van der Waals surface area contributed by atoms with Gasteiger partial charge >= 0.3 is 42.5 Å². The van der Waals surface area contributed by atoms with Gasteiger partial charge in [0.05, 0.1) is 0 Å². The Hall–Kier alpha value is -6.29.